The molecule has 4 rings (SSSR count). The second-order valence-corrected chi connectivity index (χ2v) is 6.56. The molecule has 126 valence electrons. The number of fused-ring (bicyclic) bond motifs is 1. The van der Waals surface area contributed by atoms with E-state index in [2.05, 4.69) is 14.8 Å². The highest BCUT2D eigenvalue weighted by Gasteiger charge is 2.23. The van der Waals surface area contributed by atoms with Crippen LogP contribution in [0.3, 0.4) is 0 Å². The number of halogens is 1. The zero-order valence-electron chi connectivity index (χ0n) is 13.6. The lowest BCUT2D eigenvalue weighted by atomic mass is 10.1. The van der Waals surface area contributed by atoms with Crippen molar-refractivity contribution in [3.8, 4) is 0 Å². The Bertz CT molecular complexity index is 798. The van der Waals surface area contributed by atoms with Crippen LogP contribution in [0, 0.1) is 5.82 Å². The van der Waals surface area contributed by atoms with E-state index in [9.17, 15) is 9.18 Å². The number of aromatic nitrogens is 2. The molecule has 1 aromatic carbocycles. The van der Waals surface area contributed by atoms with E-state index < -0.39 is 0 Å². The van der Waals surface area contributed by atoms with Crippen molar-refractivity contribution in [2.45, 2.75) is 32.4 Å². The highest BCUT2D eigenvalue weighted by Crippen LogP contribution is 2.21. The highest BCUT2D eigenvalue weighted by molar-refractivity contribution is 5.35. The van der Waals surface area contributed by atoms with Crippen molar-refractivity contribution < 1.29 is 4.39 Å². The summed E-state index contributed by atoms with van der Waals surface area (Å²) in [7, 11) is 0. The molecule has 0 bridgehead atoms. The Kier molecular flexibility index (Phi) is 4.06. The van der Waals surface area contributed by atoms with E-state index in [4.69, 9.17) is 4.98 Å². The third-order valence-corrected chi connectivity index (χ3v) is 4.90. The van der Waals surface area contributed by atoms with Crippen LogP contribution >= 0.6 is 0 Å². The van der Waals surface area contributed by atoms with Gasteiger partial charge in [-0.25, -0.2) is 9.37 Å². The average molecular weight is 328 g/mol. The summed E-state index contributed by atoms with van der Waals surface area (Å²) in [6, 6.07) is 6.85. The Hall–Kier alpha value is -2.21. The molecule has 2 aliphatic rings. The van der Waals surface area contributed by atoms with Crippen molar-refractivity contribution in [2.24, 2.45) is 0 Å². The largest absolute Gasteiger partial charge is 0.342 e. The third-order valence-electron chi connectivity index (χ3n) is 4.90. The van der Waals surface area contributed by atoms with Crippen molar-refractivity contribution in [3.63, 3.8) is 0 Å². The molecule has 2 aliphatic heterocycles. The van der Waals surface area contributed by atoms with Gasteiger partial charge in [-0.05, 0) is 25.3 Å². The molecule has 5 nitrogen and oxygen atoms in total. The van der Waals surface area contributed by atoms with Gasteiger partial charge in [0.05, 0.1) is 5.69 Å². The Morgan fingerprint density at radius 2 is 1.96 bits per heavy atom. The van der Waals surface area contributed by atoms with Gasteiger partial charge < -0.3 is 4.90 Å². The molecule has 1 N–H and O–H groups in total. The number of hydrogen-bond donors (Lipinski definition) is 1. The van der Waals surface area contributed by atoms with E-state index in [1.165, 1.54) is 6.07 Å². The second-order valence-electron chi connectivity index (χ2n) is 6.56. The predicted molar refractivity (Wildman–Crippen MR) is 90.5 cm³/mol. The summed E-state index contributed by atoms with van der Waals surface area (Å²) in [5.41, 5.74) is 2.28. The number of nitrogens with one attached hydrogen (secondary N) is 1. The van der Waals surface area contributed by atoms with Crippen LogP contribution in [-0.4, -0.2) is 34.5 Å². The molecule has 0 spiro atoms. The monoisotopic (exact) mass is 328 g/mol. The smallest absolute Gasteiger partial charge is 0.255 e. The minimum absolute atomic E-state index is 0.0209. The first-order valence-electron chi connectivity index (χ1n) is 8.53. The predicted octanol–water partition coefficient (Wildman–Crippen LogP) is 2.07. The highest BCUT2D eigenvalue weighted by atomic mass is 19.1. The molecule has 3 heterocycles. The van der Waals surface area contributed by atoms with Crippen molar-refractivity contribution >= 4 is 5.95 Å². The molecule has 1 saturated heterocycles. The Morgan fingerprint density at radius 1 is 1.17 bits per heavy atom. The summed E-state index contributed by atoms with van der Waals surface area (Å²) >= 11 is 0. The molecule has 0 saturated carbocycles. The summed E-state index contributed by atoms with van der Waals surface area (Å²) in [6.07, 6.45) is 2.94. The first kappa shape index (κ1) is 15.3. The fourth-order valence-electron chi connectivity index (χ4n) is 3.56. The number of hydrogen-bond acceptors (Lipinski definition) is 4. The van der Waals surface area contributed by atoms with Crippen LogP contribution in [0.5, 0.6) is 0 Å². The number of H-pyrrole nitrogens is 1. The molecule has 0 atom stereocenters. The van der Waals surface area contributed by atoms with Gasteiger partial charge in [-0.2, -0.15) is 0 Å². The maximum atomic E-state index is 13.9. The SMILES string of the molecule is O=c1[nH]c(N2CCCC2)nc2c1CCN(Cc1ccccc1F)C2. The van der Waals surface area contributed by atoms with Gasteiger partial charge in [-0.15, -0.1) is 0 Å². The minimum atomic E-state index is -0.181. The van der Waals surface area contributed by atoms with E-state index in [1.54, 1.807) is 6.07 Å². The van der Waals surface area contributed by atoms with Crippen molar-refractivity contribution in [3.05, 3.63) is 57.3 Å². The van der Waals surface area contributed by atoms with Crippen LogP contribution in [-0.2, 0) is 19.5 Å². The van der Waals surface area contributed by atoms with Crippen LogP contribution in [0.25, 0.3) is 0 Å². The van der Waals surface area contributed by atoms with Gasteiger partial charge in [-0.1, -0.05) is 18.2 Å². The normalized spacial score (nSPS) is 18.0. The van der Waals surface area contributed by atoms with Gasteiger partial charge in [0.2, 0.25) is 5.95 Å². The number of benzene rings is 1. The van der Waals surface area contributed by atoms with E-state index in [0.717, 1.165) is 43.7 Å². The molecule has 2 aromatic rings. The number of rotatable bonds is 3. The number of aromatic amines is 1. The third kappa shape index (κ3) is 2.94. The van der Waals surface area contributed by atoms with E-state index >= 15 is 0 Å². The van der Waals surface area contributed by atoms with Gasteiger partial charge in [0.25, 0.3) is 5.56 Å². The zero-order valence-corrected chi connectivity index (χ0v) is 13.6. The van der Waals surface area contributed by atoms with Gasteiger partial charge >= 0.3 is 0 Å². The molecule has 1 aromatic heterocycles. The van der Waals surface area contributed by atoms with E-state index in [1.807, 2.05) is 12.1 Å². The lowest BCUT2D eigenvalue weighted by molar-refractivity contribution is 0.237. The van der Waals surface area contributed by atoms with Crippen molar-refractivity contribution in [1.29, 1.82) is 0 Å². The van der Waals surface area contributed by atoms with Crippen LogP contribution in [0.2, 0.25) is 0 Å². The second kappa shape index (κ2) is 6.36. The molecule has 0 amide bonds. The maximum Gasteiger partial charge on any atom is 0.255 e. The first-order chi connectivity index (χ1) is 11.7. The summed E-state index contributed by atoms with van der Waals surface area (Å²) in [5, 5.41) is 0. The van der Waals surface area contributed by atoms with Gasteiger partial charge in [0, 0.05) is 43.9 Å². The molecule has 0 aliphatic carbocycles. The average Bonchev–Trinajstić information content (AvgIpc) is 3.11. The van der Waals surface area contributed by atoms with Gasteiger partial charge in [0.15, 0.2) is 0 Å². The van der Waals surface area contributed by atoms with Crippen molar-refractivity contribution in [2.75, 3.05) is 24.5 Å². The summed E-state index contributed by atoms with van der Waals surface area (Å²) in [4.78, 5) is 24.3. The quantitative estimate of drug-likeness (QED) is 0.937. The lowest BCUT2D eigenvalue weighted by Gasteiger charge is -2.28. The summed E-state index contributed by atoms with van der Waals surface area (Å²) in [6.45, 7) is 3.77. The van der Waals surface area contributed by atoms with E-state index in [-0.39, 0.29) is 11.4 Å². The molecule has 0 radical (unpaired) electrons. The summed E-state index contributed by atoms with van der Waals surface area (Å²) in [5.74, 6) is 0.504. The molecule has 6 heteroatoms. The van der Waals surface area contributed by atoms with E-state index in [0.29, 0.717) is 31.0 Å². The fourth-order valence-corrected chi connectivity index (χ4v) is 3.56. The number of nitrogens with zero attached hydrogens (tertiary/aromatic N) is 3. The minimum Gasteiger partial charge on any atom is -0.342 e. The first-order valence-corrected chi connectivity index (χ1v) is 8.53. The van der Waals surface area contributed by atoms with Crippen LogP contribution < -0.4 is 10.5 Å². The standard InChI is InChI=1S/C18H21FN4O/c19-15-6-2-1-5-13(15)11-22-10-7-14-16(12-22)20-18(21-17(14)24)23-8-3-4-9-23/h1-2,5-6H,3-4,7-12H2,(H,20,21,24). The Labute approximate surface area is 140 Å². The Balaban J connectivity index is 1.57. The lowest BCUT2D eigenvalue weighted by Crippen LogP contribution is -2.36. The topological polar surface area (TPSA) is 52.2 Å². The zero-order chi connectivity index (χ0) is 16.5. The van der Waals surface area contributed by atoms with Crippen molar-refractivity contribution in [1.82, 2.24) is 14.9 Å². The van der Waals surface area contributed by atoms with Crippen LogP contribution in [0.15, 0.2) is 29.1 Å². The van der Waals surface area contributed by atoms with Gasteiger partial charge in [-0.3, -0.25) is 14.7 Å². The molecule has 1 fully saturated rings. The summed E-state index contributed by atoms with van der Waals surface area (Å²) < 4.78 is 13.9. The molecular formula is C18H21FN4O. The molecule has 0 unspecified atom stereocenters. The maximum absolute atomic E-state index is 13.9. The number of anilines is 1. The van der Waals surface area contributed by atoms with Crippen LogP contribution in [0.4, 0.5) is 10.3 Å². The van der Waals surface area contributed by atoms with Gasteiger partial charge in [0.1, 0.15) is 5.82 Å². The fraction of sp³-hybridized carbons (Fsp3) is 0.444. The molecule has 24 heavy (non-hydrogen) atoms. The van der Waals surface area contributed by atoms with Crippen LogP contribution in [0.1, 0.15) is 29.7 Å². The molecular weight excluding hydrogens is 307 g/mol. The Morgan fingerprint density at radius 3 is 2.75 bits per heavy atom.